The van der Waals surface area contributed by atoms with E-state index in [-0.39, 0.29) is 28.9 Å². The highest BCUT2D eigenvalue weighted by molar-refractivity contribution is 6.31. The van der Waals surface area contributed by atoms with Crippen molar-refractivity contribution in [3.05, 3.63) is 33.1 Å². The summed E-state index contributed by atoms with van der Waals surface area (Å²) < 4.78 is 13.3. The Labute approximate surface area is 109 Å². The van der Waals surface area contributed by atoms with Gasteiger partial charge in [0, 0.05) is 12.1 Å². The largest absolute Gasteiger partial charge is 0.394 e. The van der Waals surface area contributed by atoms with E-state index >= 15 is 0 Å². The van der Waals surface area contributed by atoms with Gasteiger partial charge in [-0.05, 0) is 5.92 Å². The number of nitro groups is 1. The normalized spacial score (nSPS) is 12.6. The molecule has 0 aliphatic rings. The first-order valence-corrected chi connectivity index (χ1v) is 5.75. The minimum atomic E-state index is -0.745. The molecule has 1 aromatic rings. The lowest BCUT2D eigenvalue weighted by Gasteiger charge is -2.21. The van der Waals surface area contributed by atoms with E-state index in [4.69, 9.17) is 16.7 Å². The minimum absolute atomic E-state index is 0.00894. The predicted molar refractivity (Wildman–Crippen MR) is 67.4 cm³/mol. The molecule has 1 aromatic carbocycles. The highest BCUT2D eigenvalue weighted by Gasteiger charge is 2.21. The van der Waals surface area contributed by atoms with Crippen molar-refractivity contribution >= 4 is 23.0 Å². The zero-order valence-corrected chi connectivity index (χ0v) is 10.7. The van der Waals surface area contributed by atoms with Crippen LogP contribution in [0, 0.1) is 21.8 Å². The zero-order valence-electron chi connectivity index (χ0n) is 9.98. The Hall–Kier alpha value is -1.40. The Morgan fingerprint density at radius 1 is 1.56 bits per heavy atom. The van der Waals surface area contributed by atoms with Crippen molar-refractivity contribution in [3.63, 3.8) is 0 Å². The number of benzene rings is 1. The zero-order chi connectivity index (χ0) is 13.9. The van der Waals surface area contributed by atoms with Crippen LogP contribution in [0.3, 0.4) is 0 Å². The molecule has 0 amide bonds. The molecule has 0 aromatic heterocycles. The summed E-state index contributed by atoms with van der Waals surface area (Å²) in [5.41, 5.74) is -0.310. The number of hydrogen-bond acceptors (Lipinski definition) is 4. The molecule has 0 radical (unpaired) electrons. The van der Waals surface area contributed by atoms with Gasteiger partial charge in [0.25, 0.3) is 5.69 Å². The van der Waals surface area contributed by atoms with Gasteiger partial charge in [0.05, 0.1) is 22.6 Å². The molecular formula is C11H14ClFN2O3. The summed E-state index contributed by atoms with van der Waals surface area (Å²) in [6.07, 6.45) is 0. The first-order chi connectivity index (χ1) is 8.36. The first kappa shape index (κ1) is 14.7. The van der Waals surface area contributed by atoms with Crippen molar-refractivity contribution < 1.29 is 14.4 Å². The maximum absolute atomic E-state index is 13.3. The quantitative estimate of drug-likeness (QED) is 0.640. The summed E-state index contributed by atoms with van der Waals surface area (Å²) >= 11 is 5.51. The number of nitrogens with zero attached hydrogens (tertiary/aromatic N) is 1. The molecule has 0 aliphatic carbocycles. The van der Waals surface area contributed by atoms with Crippen molar-refractivity contribution in [1.82, 2.24) is 0 Å². The van der Waals surface area contributed by atoms with Crippen LogP contribution in [0.1, 0.15) is 13.8 Å². The fraction of sp³-hybridized carbons (Fsp3) is 0.455. The number of nitro benzene ring substituents is 1. The van der Waals surface area contributed by atoms with E-state index in [0.29, 0.717) is 0 Å². The summed E-state index contributed by atoms with van der Waals surface area (Å²) in [7, 11) is 0. The summed E-state index contributed by atoms with van der Waals surface area (Å²) in [6.45, 7) is 3.47. The van der Waals surface area contributed by atoms with Gasteiger partial charge in [-0.25, -0.2) is 4.39 Å². The second-order valence-corrected chi connectivity index (χ2v) is 4.63. The molecule has 0 aliphatic heterocycles. The van der Waals surface area contributed by atoms with Crippen LogP contribution >= 0.6 is 11.6 Å². The lowest BCUT2D eigenvalue weighted by atomic mass is 10.0. The molecular weight excluding hydrogens is 263 g/mol. The minimum Gasteiger partial charge on any atom is -0.394 e. The SMILES string of the molecule is CC(C)[C@@H](CO)Nc1cc(F)c(Cl)cc1[N+](=O)[O-]. The molecule has 0 unspecified atom stereocenters. The molecule has 18 heavy (non-hydrogen) atoms. The van der Waals surface area contributed by atoms with Crippen molar-refractivity contribution in [2.24, 2.45) is 5.92 Å². The summed E-state index contributed by atoms with van der Waals surface area (Å²) in [4.78, 5) is 10.2. The topological polar surface area (TPSA) is 75.4 Å². The van der Waals surface area contributed by atoms with Gasteiger partial charge in [0.1, 0.15) is 11.5 Å². The molecule has 1 rings (SSSR count). The van der Waals surface area contributed by atoms with Gasteiger partial charge in [-0.15, -0.1) is 0 Å². The third-order valence-electron chi connectivity index (χ3n) is 2.58. The van der Waals surface area contributed by atoms with Crippen LogP contribution in [0.5, 0.6) is 0 Å². The molecule has 0 spiro atoms. The Morgan fingerprint density at radius 2 is 2.17 bits per heavy atom. The van der Waals surface area contributed by atoms with Gasteiger partial charge >= 0.3 is 0 Å². The van der Waals surface area contributed by atoms with Crippen LogP contribution < -0.4 is 5.32 Å². The maximum Gasteiger partial charge on any atom is 0.294 e. The van der Waals surface area contributed by atoms with Gasteiger partial charge in [-0.1, -0.05) is 25.4 Å². The van der Waals surface area contributed by atoms with Crippen LogP contribution in [-0.4, -0.2) is 22.7 Å². The predicted octanol–water partition coefficient (Wildman–Crippen LogP) is 2.82. The second-order valence-electron chi connectivity index (χ2n) is 4.22. The molecule has 2 N–H and O–H groups in total. The van der Waals surface area contributed by atoms with Gasteiger partial charge < -0.3 is 10.4 Å². The Morgan fingerprint density at radius 3 is 2.61 bits per heavy atom. The molecule has 5 nitrogen and oxygen atoms in total. The van der Waals surface area contributed by atoms with Crippen LogP contribution in [0.25, 0.3) is 0 Å². The van der Waals surface area contributed by atoms with Crippen molar-refractivity contribution in [1.29, 1.82) is 0 Å². The van der Waals surface area contributed by atoms with Crippen molar-refractivity contribution in [2.45, 2.75) is 19.9 Å². The summed E-state index contributed by atoms with van der Waals surface area (Å²) in [5, 5.41) is 22.5. The van der Waals surface area contributed by atoms with Gasteiger partial charge in [-0.3, -0.25) is 10.1 Å². The Kier molecular flexibility index (Phi) is 4.86. The standard InChI is InChI=1S/C11H14ClFN2O3/c1-6(2)10(5-16)14-9-4-8(13)7(12)3-11(9)15(17)18/h3-4,6,10,14,16H,5H2,1-2H3/t10-/m1/s1. The fourth-order valence-corrected chi connectivity index (χ4v) is 1.58. The molecule has 100 valence electrons. The summed E-state index contributed by atoms with van der Waals surface area (Å²) in [5.74, 6) is -0.710. The van der Waals surface area contributed by atoms with Gasteiger partial charge in [0.15, 0.2) is 0 Å². The van der Waals surface area contributed by atoms with Gasteiger partial charge in [-0.2, -0.15) is 0 Å². The van der Waals surface area contributed by atoms with E-state index in [9.17, 15) is 14.5 Å². The number of aliphatic hydroxyl groups excluding tert-OH is 1. The lowest BCUT2D eigenvalue weighted by molar-refractivity contribution is -0.384. The monoisotopic (exact) mass is 276 g/mol. The van der Waals surface area contributed by atoms with Crippen LogP contribution in [0.4, 0.5) is 15.8 Å². The maximum atomic E-state index is 13.3. The van der Waals surface area contributed by atoms with E-state index in [1.54, 1.807) is 0 Å². The molecule has 1 atom stereocenters. The number of rotatable bonds is 5. The molecule has 0 saturated carbocycles. The molecule has 7 heteroatoms. The second kappa shape index (κ2) is 5.97. The third kappa shape index (κ3) is 3.30. The first-order valence-electron chi connectivity index (χ1n) is 5.37. The van der Waals surface area contributed by atoms with Crippen molar-refractivity contribution in [2.75, 3.05) is 11.9 Å². The van der Waals surface area contributed by atoms with E-state index < -0.39 is 16.8 Å². The Bertz CT molecular complexity index is 454. The average molecular weight is 277 g/mol. The van der Waals surface area contributed by atoms with E-state index in [1.165, 1.54) is 0 Å². The number of hydrogen-bond donors (Lipinski definition) is 2. The van der Waals surface area contributed by atoms with E-state index in [2.05, 4.69) is 5.32 Å². The average Bonchev–Trinajstić information content (AvgIpc) is 2.29. The Balaban J connectivity index is 3.14. The fourth-order valence-electron chi connectivity index (χ4n) is 1.43. The molecule has 0 bridgehead atoms. The number of anilines is 1. The van der Waals surface area contributed by atoms with Crippen LogP contribution in [0.2, 0.25) is 5.02 Å². The molecule has 0 fully saturated rings. The number of halogens is 2. The third-order valence-corrected chi connectivity index (χ3v) is 2.87. The van der Waals surface area contributed by atoms with Gasteiger partial charge in [0.2, 0.25) is 0 Å². The van der Waals surface area contributed by atoms with Crippen LogP contribution in [-0.2, 0) is 0 Å². The smallest absolute Gasteiger partial charge is 0.294 e. The number of aliphatic hydroxyl groups is 1. The number of nitrogens with one attached hydrogen (secondary N) is 1. The highest BCUT2D eigenvalue weighted by atomic mass is 35.5. The molecule has 0 saturated heterocycles. The van der Waals surface area contributed by atoms with E-state index in [0.717, 1.165) is 12.1 Å². The highest BCUT2D eigenvalue weighted by Crippen LogP contribution is 2.31. The van der Waals surface area contributed by atoms with Crippen molar-refractivity contribution in [3.8, 4) is 0 Å². The summed E-state index contributed by atoms with van der Waals surface area (Å²) in [6, 6.07) is 1.52. The molecule has 0 heterocycles. The van der Waals surface area contributed by atoms with Crippen LogP contribution in [0.15, 0.2) is 12.1 Å². The lowest BCUT2D eigenvalue weighted by Crippen LogP contribution is -2.29. The van der Waals surface area contributed by atoms with E-state index in [1.807, 2.05) is 13.8 Å².